The maximum absolute atomic E-state index is 11.9. The van der Waals surface area contributed by atoms with Crippen LogP contribution in [0.5, 0.6) is 0 Å². The molecular weight excluding hydrogens is 252 g/mol. The van der Waals surface area contributed by atoms with Gasteiger partial charge in [0.05, 0.1) is 0 Å². The number of hydrogen-bond donors (Lipinski definition) is 1. The Kier molecular flexibility index (Phi) is 4.04. The molecule has 4 heteroatoms. The molecule has 3 aliphatic rings. The summed E-state index contributed by atoms with van der Waals surface area (Å²) in [4.78, 5) is 16.9. The van der Waals surface area contributed by atoms with Gasteiger partial charge in [-0.1, -0.05) is 13.3 Å². The molecule has 3 atom stereocenters. The first-order valence-corrected chi connectivity index (χ1v) is 8.41. The van der Waals surface area contributed by atoms with Crippen molar-refractivity contribution in [2.24, 2.45) is 0 Å². The van der Waals surface area contributed by atoms with E-state index in [-0.39, 0.29) is 0 Å². The number of rotatable bonds is 4. The van der Waals surface area contributed by atoms with Crippen molar-refractivity contribution in [3.63, 3.8) is 0 Å². The van der Waals surface area contributed by atoms with Crippen LogP contribution < -0.4 is 0 Å². The van der Waals surface area contributed by atoms with Crippen molar-refractivity contribution in [1.82, 2.24) is 9.80 Å². The van der Waals surface area contributed by atoms with E-state index in [0.717, 1.165) is 44.7 Å². The number of likely N-dealkylation sites (tertiary alicyclic amines) is 1. The molecule has 114 valence electrons. The van der Waals surface area contributed by atoms with Crippen molar-refractivity contribution in [2.45, 2.75) is 75.9 Å². The van der Waals surface area contributed by atoms with Gasteiger partial charge in [-0.2, -0.15) is 0 Å². The maximum Gasteiger partial charge on any atom is 0.324 e. The van der Waals surface area contributed by atoms with Crippen molar-refractivity contribution < 1.29 is 9.90 Å². The van der Waals surface area contributed by atoms with E-state index in [0.29, 0.717) is 6.04 Å². The highest BCUT2D eigenvalue weighted by Gasteiger charge is 2.50. The maximum atomic E-state index is 11.9. The molecule has 0 radical (unpaired) electrons. The molecule has 0 aromatic heterocycles. The summed E-state index contributed by atoms with van der Waals surface area (Å²) in [7, 11) is 0. The van der Waals surface area contributed by atoms with Gasteiger partial charge in [0.2, 0.25) is 0 Å². The fraction of sp³-hybridized carbons (Fsp3) is 0.938. The van der Waals surface area contributed by atoms with Gasteiger partial charge in [-0.3, -0.25) is 9.69 Å². The minimum atomic E-state index is -0.578. The lowest BCUT2D eigenvalue weighted by Gasteiger charge is -2.45. The molecule has 0 aromatic rings. The van der Waals surface area contributed by atoms with Crippen molar-refractivity contribution >= 4 is 5.97 Å². The van der Waals surface area contributed by atoms with Crippen LogP contribution in [0, 0.1) is 0 Å². The molecule has 3 fully saturated rings. The van der Waals surface area contributed by atoms with E-state index >= 15 is 0 Å². The Hall–Kier alpha value is -0.610. The van der Waals surface area contributed by atoms with E-state index in [1.54, 1.807) is 0 Å². The van der Waals surface area contributed by atoms with Crippen LogP contribution in [-0.4, -0.2) is 58.1 Å². The smallest absolute Gasteiger partial charge is 0.324 e. The minimum Gasteiger partial charge on any atom is -0.480 e. The van der Waals surface area contributed by atoms with Crippen molar-refractivity contribution in [1.29, 1.82) is 0 Å². The number of carbonyl (C=O) groups is 1. The van der Waals surface area contributed by atoms with Gasteiger partial charge in [0, 0.05) is 12.1 Å². The topological polar surface area (TPSA) is 43.8 Å². The third kappa shape index (κ3) is 2.27. The molecule has 3 rings (SSSR count). The van der Waals surface area contributed by atoms with Crippen LogP contribution in [0.1, 0.15) is 58.3 Å². The highest BCUT2D eigenvalue weighted by Crippen LogP contribution is 2.40. The molecule has 3 unspecified atom stereocenters. The fourth-order valence-electron chi connectivity index (χ4n) is 4.94. The van der Waals surface area contributed by atoms with E-state index in [1.165, 1.54) is 32.4 Å². The first kappa shape index (κ1) is 14.3. The van der Waals surface area contributed by atoms with Crippen LogP contribution in [0.3, 0.4) is 0 Å². The molecular formula is C16H28N2O2. The monoisotopic (exact) mass is 280 g/mol. The Morgan fingerprint density at radius 3 is 2.80 bits per heavy atom. The lowest BCUT2D eigenvalue weighted by Crippen LogP contribution is -2.57. The van der Waals surface area contributed by atoms with Crippen molar-refractivity contribution in [3.05, 3.63) is 0 Å². The average Bonchev–Trinajstić information content (AvgIpc) is 3.04. The minimum absolute atomic E-state index is 0.500. The molecule has 20 heavy (non-hydrogen) atoms. The highest BCUT2D eigenvalue weighted by atomic mass is 16.4. The van der Waals surface area contributed by atoms with Gasteiger partial charge in [0.15, 0.2) is 0 Å². The Labute approximate surface area is 122 Å². The summed E-state index contributed by atoms with van der Waals surface area (Å²) < 4.78 is 0. The van der Waals surface area contributed by atoms with Gasteiger partial charge < -0.3 is 10.0 Å². The number of hydrogen-bond acceptors (Lipinski definition) is 3. The SMILES string of the molecule is CCCC1(C(=O)O)CCCN1C1CCN2CCCC2C1. The normalized spacial score (nSPS) is 39.0. The van der Waals surface area contributed by atoms with Crippen LogP contribution in [0.15, 0.2) is 0 Å². The molecule has 3 aliphatic heterocycles. The summed E-state index contributed by atoms with van der Waals surface area (Å²) in [5.74, 6) is -0.578. The van der Waals surface area contributed by atoms with Gasteiger partial charge in [0.25, 0.3) is 0 Å². The Morgan fingerprint density at radius 1 is 1.20 bits per heavy atom. The van der Waals surface area contributed by atoms with Crippen LogP contribution in [0.25, 0.3) is 0 Å². The molecule has 1 N–H and O–H groups in total. The summed E-state index contributed by atoms with van der Waals surface area (Å²) >= 11 is 0. The van der Waals surface area contributed by atoms with E-state index < -0.39 is 11.5 Å². The fourth-order valence-corrected chi connectivity index (χ4v) is 4.94. The third-order valence-corrected chi connectivity index (χ3v) is 5.83. The molecule has 0 aliphatic carbocycles. The number of aliphatic carboxylic acids is 1. The van der Waals surface area contributed by atoms with Crippen molar-refractivity contribution in [3.8, 4) is 0 Å². The lowest BCUT2D eigenvalue weighted by molar-refractivity contribution is -0.152. The van der Waals surface area contributed by atoms with E-state index in [4.69, 9.17) is 0 Å². The summed E-state index contributed by atoms with van der Waals surface area (Å²) in [6.07, 6.45) is 8.68. The highest BCUT2D eigenvalue weighted by molar-refractivity contribution is 5.79. The van der Waals surface area contributed by atoms with Gasteiger partial charge >= 0.3 is 5.97 Å². The van der Waals surface area contributed by atoms with Crippen LogP contribution >= 0.6 is 0 Å². The molecule has 0 amide bonds. The van der Waals surface area contributed by atoms with Crippen LogP contribution in [0.2, 0.25) is 0 Å². The summed E-state index contributed by atoms with van der Waals surface area (Å²) in [6, 6.07) is 1.22. The zero-order chi connectivity index (χ0) is 14.2. The predicted molar refractivity (Wildman–Crippen MR) is 78.8 cm³/mol. The first-order valence-electron chi connectivity index (χ1n) is 8.41. The largest absolute Gasteiger partial charge is 0.480 e. The Balaban J connectivity index is 1.76. The molecule has 0 saturated carbocycles. The number of fused-ring (bicyclic) bond motifs is 1. The number of carboxylic acids is 1. The second-order valence-corrected chi connectivity index (χ2v) is 6.89. The summed E-state index contributed by atoms with van der Waals surface area (Å²) in [5.41, 5.74) is -0.555. The molecule has 3 heterocycles. The first-order chi connectivity index (χ1) is 9.67. The molecule has 0 bridgehead atoms. The number of carboxylic acid groups (broad SMARTS) is 1. The molecule has 4 nitrogen and oxygen atoms in total. The molecule has 0 spiro atoms. The Bertz CT molecular complexity index is 373. The zero-order valence-corrected chi connectivity index (χ0v) is 12.7. The predicted octanol–water partition coefficient (Wildman–Crippen LogP) is 2.33. The van der Waals surface area contributed by atoms with Gasteiger partial charge in [0.1, 0.15) is 5.54 Å². The molecule has 0 aromatic carbocycles. The van der Waals surface area contributed by atoms with Crippen molar-refractivity contribution in [2.75, 3.05) is 19.6 Å². The van der Waals surface area contributed by atoms with E-state index in [9.17, 15) is 9.90 Å². The Morgan fingerprint density at radius 2 is 2.05 bits per heavy atom. The molecule has 3 saturated heterocycles. The van der Waals surface area contributed by atoms with E-state index in [1.807, 2.05) is 0 Å². The standard InChI is InChI=1S/C16H28N2O2/c1-2-7-16(15(19)20)8-4-10-18(16)14-6-11-17-9-3-5-13(17)12-14/h13-14H,2-12H2,1H3,(H,19,20). The number of piperidine rings is 1. The zero-order valence-electron chi connectivity index (χ0n) is 12.7. The van der Waals surface area contributed by atoms with Crippen LogP contribution in [0.4, 0.5) is 0 Å². The van der Waals surface area contributed by atoms with E-state index in [2.05, 4.69) is 16.7 Å². The summed E-state index contributed by atoms with van der Waals surface area (Å²) in [5, 5.41) is 9.83. The van der Waals surface area contributed by atoms with Crippen LogP contribution in [-0.2, 0) is 4.79 Å². The second kappa shape index (κ2) is 5.64. The van der Waals surface area contributed by atoms with Gasteiger partial charge in [-0.15, -0.1) is 0 Å². The second-order valence-electron chi connectivity index (χ2n) is 6.89. The average molecular weight is 280 g/mol. The van der Waals surface area contributed by atoms with Gasteiger partial charge in [-0.25, -0.2) is 0 Å². The summed E-state index contributed by atoms with van der Waals surface area (Å²) in [6.45, 7) is 5.54. The third-order valence-electron chi connectivity index (χ3n) is 5.83. The van der Waals surface area contributed by atoms with Gasteiger partial charge in [-0.05, 0) is 64.6 Å². The number of nitrogens with zero attached hydrogens (tertiary/aromatic N) is 2. The lowest BCUT2D eigenvalue weighted by atomic mass is 9.87. The quantitative estimate of drug-likeness (QED) is 0.858.